The van der Waals surface area contributed by atoms with Crippen molar-refractivity contribution >= 4 is 11.9 Å². The van der Waals surface area contributed by atoms with E-state index in [9.17, 15) is 9.59 Å². The summed E-state index contributed by atoms with van der Waals surface area (Å²) in [5, 5.41) is 8.72. The number of ether oxygens (including phenoxy) is 2. The molecular formula is C12H19NO5. The van der Waals surface area contributed by atoms with Crippen LogP contribution in [0.2, 0.25) is 0 Å². The first-order valence-electron chi connectivity index (χ1n) is 6.35. The first-order valence-corrected chi connectivity index (χ1v) is 6.35. The lowest BCUT2D eigenvalue weighted by molar-refractivity contribution is -0.148. The van der Waals surface area contributed by atoms with E-state index in [4.69, 9.17) is 14.6 Å². The lowest BCUT2D eigenvalue weighted by Gasteiger charge is -2.32. The topological polar surface area (TPSA) is 76.1 Å². The van der Waals surface area contributed by atoms with Gasteiger partial charge in [0.25, 0.3) is 0 Å². The van der Waals surface area contributed by atoms with Crippen LogP contribution >= 0.6 is 0 Å². The van der Waals surface area contributed by atoms with Crippen LogP contribution in [-0.2, 0) is 19.1 Å². The molecule has 102 valence electrons. The molecule has 1 heterocycles. The zero-order chi connectivity index (χ0) is 13.1. The van der Waals surface area contributed by atoms with Gasteiger partial charge in [-0.25, -0.2) is 0 Å². The van der Waals surface area contributed by atoms with E-state index in [2.05, 4.69) is 0 Å². The van der Waals surface area contributed by atoms with Gasteiger partial charge in [-0.3, -0.25) is 9.59 Å². The van der Waals surface area contributed by atoms with Crippen molar-refractivity contribution in [1.82, 2.24) is 4.90 Å². The average Bonchev–Trinajstić information content (AvgIpc) is 3.07. The molecule has 6 heteroatoms. The van der Waals surface area contributed by atoms with Gasteiger partial charge in [-0.1, -0.05) is 0 Å². The van der Waals surface area contributed by atoms with E-state index >= 15 is 0 Å². The Bertz CT molecular complexity index is 332. The Balaban J connectivity index is 1.82. The Kier molecular flexibility index (Phi) is 4.19. The van der Waals surface area contributed by atoms with Crippen LogP contribution in [0, 0.1) is 5.92 Å². The Morgan fingerprint density at radius 3 is 2.94 bits per heavy atom. The molecule has 1 N–H and O–H groups in total. The van der Waals surface area contributed by atoms with Crippen molar-refractivity contribution in [3.63, 3.8) is 0 Å². The maximum atomic E-state index is 12.1. The maximum absolute atomic E-state index is 12.1. The molecule has 0 radical (unpaired) electrons. The molecule has 1 saturated carbocycles. The predicted octanol–water partition coefficient (Wildman–Crippen LogP) is 0.114. The number of rotatable bonds is 5. The molecule has 0 spiro atoms. The van der Waals surface area contributed by atoms with Gasteiger partial charge >= 0.3 is 5.97 Å². The molecule has 2 aliphatic rings. The van der Waals surface area contributed by atoms with Crippen LogP contribution in [-0.4, -0.2) is 60.4 Å². The molecule has 3 atom stereocenters. The minimum Gasteiger partial charge on any atom is -0.481 e. The minimum absolute atomic E-state index is 0.0338. The number of carbonyl (C=O) groups excluding carboxylic acids is 1. The van der Waals surface area contributed by atoms with Gasteiger partial charge in [-0.15, -0.1) is 0 Å². The largest absolute Gasteiger partial charge is 0.481 e. The van der Waals surface area contributed by atoms with Crippen LogP contribution in [0.15, 0.2) is 0 Å². The number of hydrogen-bond donors (Lipinski definition) is 1. The fraction of sp³-hybridized carbons (Fsp3) is 0.833. The van der Waals surface area contributed by atoms with Gasteiger partial charge in [0.2, 0.25) is 5.91 Å². The second-order valence-electron chi connectivity index (χ2n) is 4.71. The van der Waals surface area contributed by atoms with Gasteiger partial charge in [0.1, 0.15) is 0 Å². The number of hydrogen-bond acceptors (Lipinski definition) is 4. The molecule has 0 aromatic rings. The van der Waals surface area contributed by atoms with Gasteiger partial charge in [0, 0.05) is 19.7 Å². The molecule has 1 aliphatic carbocycles. The van der Waals surface area contributed by atoms with Crippen LogP contribution in [0.5, 0.6) is 0 Å². The van der Waals surface area contributed by atoms with Crippen molar-refractivity contribution in [3.05, 3.63) is 0 Å². The monoisotopic (exact) mass is 257 g/mol. The second kappa shape index (κ2) is 5.67. The fourth-order valence-corrected chi connectivity index (χ4v) is 2.30. The summed E-state index contributed by atoms with van der Waals surface area (Å²) >= 11 is 0. The zero-order valence-corrected chi connectivity index (χ0v) is 10.5. The Morgan fingerprint density at radius 2 is 2.28 bits per heavy atom. The number of carboxylic acid groups (broad SMARTS) is 1. The SMILES string of the molecule is CCO[C@@H]1C[C@@H]1C(=O)N1CCO[C@@H](CC(=O)O)C1. The minimum atomic E-state index is -0.895. The summed E-state index contributed by atoms with van der Waals surface area (Å²) < 4.78 is 10.7. The molecule has 0 bridgehead atoms. The van der Waals surface area contributed by atoms with E-state index in [1.165, 1.54) is 0 Å². The van der Waals surface area contributed by atoms with Crippen molar-refractivity contribution in [2.75, 3.05) is 26.3 Å². The first-order chi connectivity index (χ1) is 8.61. The molecule has 1 amide bonds. The fourth-order valence-electron chi connectivity index (χ4n) is 2.30. The summed E-state index contributed by atoms with van der Waals surface area (Å²) in [6.07, 6.45) is 0.407. The van der Waals surface area contributed by atoms with Crippen molar-refractivity contribution in [3.8, 4) is 0 Å². The third-order valence-corrected chi connectivity index (χ3v) is 3.28. The van der Waals surface area contributed by atoms with E-state index in [1.807, 2.05) is 6.92 Å². The van der Waals surface area contributed by atoms with E-state index in [-0.39, 0.29) is 30.5 Å². The molecule has 1 saturated heterocycles. The molecule has 2 fully saturated rings. The number of amides is 1. The van der Waals surface area contributed by atoms with Crippen LogP contribution in [0.4, 0.5) is 0 Å². The Labute approximate surface area is 106 Å². The lowest BCUT2D eigenvalue weighted by atomic mass is 10.2. The van der Waals surface area contributed by atoms with Crippen LogP contribution in [0.25, 0.3) is 0 Å². The maximum Gasteiger partial charge on any atom is 0.306 e. The summed E-state index contributed by atoms with van der Waals surface area (Å²) in [7, 11) is 0. The van der Waals surface area contributed by atoms with Gasteiger partial charge in [-0.05, 0) is 13.3 Å². The highest BCUT2D eigenvalue weighted by molar-refractivity contribution is 5.82. The van der Waals surface area contributed by atoms with Crippen molar-refractivity contribution in [1.29, 1.82) is 0 Å². The van der Waals surface area contributed by atoms with Gasteiger partial charge in [0.05, 0.1) is 31.2 Å². The van der Waals surface area contributed by atoms with E-state index in [0.717, 1.165) is 6.42 Å². The van der Waals surface area contributed by atoms with Crippen molar-refractivity contribution in [2.24, 2.45) is 5.92 Å². The van der Waals surface area contributed by atoms with Gasteiger partial charge in [0.15, 0.2) is 0 Å². The van der Waals surface area contributed by atoms with E-state index < -0.39 is 5.97 Å². The van der Waals surface area contributed by atoms with Crippen LogP contribution in [0.3, 0.4) is 0 Å². The summed E-state index contributed by atoms with van der Waals surface area (Å²) in [6, 6.07) is 0. The standard InChI is InChI=1S/C12H19NO5/c1-2-17-10-6-9(10)12(16)13-3-4-18-8(7-13)5-11(14)15/h8-10H,2-7H2,1H3,(H,14,15)/t8-,9-,10+/m0/s1. The quantitative estimate of drug-likeness (QED) is 0.756. The highest BCUT2D eigenvalue weighted by Gasteiger charge is 2.46. The molecular weight excluding hydrogens is 238 g/mol. The summed E-state index contributed by atoms with van der Waals surface area (Å²) in [6.45, 7) is 3.87. The third kappa shape index (κ3) is 3.20. The third-order valence-electron chi connectivity index (χ3n) is 3.28. The Hall–Kier alpha value is -1.14. The van der Waals surface area contributed by atoms with Crippen LogP contribution in [0.1, 0.15) is 19.8 Å². The van der Waals surface area contributed by atoms with Crippen molar-refractivity contribution in [2.45, 2.75) is 32.0 Å². The average molecular weight is 257 g/mol. The normalized spacial score (nSPS) is 31.2. The van der Waals surface area contributed by atoms with Crippen LogP contribution < -0.4 is 0 Å². The molecule has 0 aromatic carbocycles. The molecule has 2 rings (SSSR count). The molecule has 0 aromatic heterocycles. The summed E-state index contributed by atoms with van der Waals surface area (Å²) in [5.41, 5.74) is 0. The predicted molar refractivity (Wildman–Crippen MR) is 62.1 cm³/mol. The smallest absolute Gasteiger partial charge is 0.306 e. The molecule has 18 heavy (non-hydrogen) atoms. The second-order valence-corrected chi connectivity index (χ2v) is 4.71. The number of carboxylic acids is 1. The van der Waals surface area contributed by atoms with Gasteiger partial charge < -0.3 is 19.5 Å². The molecule has 6 nitrogen and oxygen atoms in total. The highest BCUT2D eigenvalue weighted by Crippen LogP contribution is 2.35. The summed E-state index contributed by atoms with van der Waals surface area (Å²) in [5.74, 6) is -0.853. The zero-order valence-electron chi connectivity index (χ0n) is 10.5. The van der Waals surface area contributed by atoms with E-state index in [1.54, 1.807) is 4.90 Å². The van der Waals surface area contributed by atoms with E-state index in [0.29, 0.717) is 26.3 Å². The number of morpholine rings is 1. The first kappa shape index (κ1) is 13.3. The highest BCUT2D eigenvalue weighted by atomic mass is 16.5. The Morgan fingerprint density at radius 1 is 1.50 bits per heavy atom. The number of aliphatic carboxylic acids is 1. The number of carbonyl (C=O) groups is 2. The number of nitrogens with zero attached hydrogens (tertiary/aromatic N) is 1. The molecule has 1 aliphatic heterocycles. The summed E-state index contributed by atoms with van der Waals surface area (Å²) in [4.78, 5) is 24.5. The molecule has 0 unspecified atom stereocenters. The van der Waals surface area contributed by atoms with Crippen molar-refractivity contribution < 1.29 is 24.2 Å². The lowest BCUT2D eigenvalue weighted by Crippen LogP contribution is -2.47. The van der Waals surface area contributed by atoms with Gasteiger partial charge in [-0.2, -0.15) is 0 Å².